The minimum Gasteiger partial charge on any atom is -0.493 e. The number of amides is 2. The number of imide groups is 1. The second-order valence-electron chi connectivity index (χ2n) is 9.28. The van der Waals surface area contributed by atoms with E-state index in [1.165, 1.54) is 4.90 Å². The van der Waals surface area contributed by atoms with Gasteiger partial charge in [0.1, 0.15) is 17.3 Å². The number of aromatic nitrogens is 2. The minimum atomic E-state index is -0.534. The van der Waals surface area contributed by atoms with Gasteiger partial charge in [-0.15, -0.1) is 0 Å². The van der Waals surface area contributed by atoms with Crippen LogP contribution < -0.4 is 9.47 Å². The zero-order chi connectivity index (χ0) is 27.9. The Morgan fingerprint density at radius 2 is 1.72 bits per heavy atom. The molecule has 1 aliphatic heterocycles. The molecule has 0 saturated heterocycles. The first kappa shape index (κ1) is 27.4. The Balaban J connectivity index is 1.86. The molecule has 2 heterocycles. The standard InChI is InChI=1S/C31H32N4O4/c1-5-6-7-11-16-34-30(36)25(21(2)26(19-32)31(34)37)17-23-20-35(24-12-9-8-10-13-24)33-29(23)22-14-15-27(38-3)28(18-22)39-4/h8-10,12-15,17-18,20H,5-7,11,16H2,1-4H3/b25-17+. The number of methoxy groups -OCH3 is 2. The average Bonchev–Trinajstić information content (AvgIpc) is 3.39. The van der Waals surface area contributed by atoms with E-state index in [1.807, 2.05) is 54.7 Å². The van der Waals surface area contributed by atoms with Crippen LogP contribution >= 0.6 is 0 Å². The van der Waals surface area contributed by atoms with Crippen molar-refractivity contribution in [2.24, 2.45) is 0 Å². The summed E-state index contributed by atoms with van der Waals surface area (Å²) in [6.07, 6.45) is 7.22. The molecule has 2 amide bonds. The molecule has 3 aromatic rings. The Hall–Kier alpha value is -4.64. The number of para-hydroxylation sites is 1. The number of ether oxygens (including phenoxy) is 2. The van der Waals surface area contributed by atoms with Crippen LogP contribution in [-0.4, -0.2) is 47.3 Å². The van der Waals surface area contributed by atoms with Crippen molar-refractivity contribution in [1.29, 1.82) is 5.26 Å². The van der Waals surface area contributed by atoms with Gasteiger partial charge in [-0.05, 0) is 55.3 Å². The number of unbranched alkanes of at least 4 members (excludes halogenated alkanes) is 3. The number of nitrogens with zero attached hydrogens (tertiary/aromatic N) is 4. The number of carbonyl (C=O) groups is 2. The zero-order valence-electron chi connectivity index (χ0n) is 22.7. The molecule has 1 aliphatic rings. The van der Waals surface area contributed by atoms with Crippen LogP contribution in [0.4, 0.5) is 0 Å². The van der Waals surface area contributed by atoms with E-state index in [1.54, 1.807) is 38.0 Å². The predicted octanol–water partition coefficient (Wildman–Crippen LogP) is 5.73. The summed E-state index contributed by atoms with van der Waals surface area (Å²) in [4.78, 5) is 27.8. The van der Waals surface area contributed by atoms with E-state index in [4.69, 9.17) is 14.6 Å². The van der Waals surface area contributed by atoms with Crippen LogP contribution in [0.15, 0.2) is 71.4 Å². The lowest BCUT2D eigenvalue weighted by Gasteiger charge is -2.27. The first-order valence-electron chi connectivity index (χ1n) is 13.0. The molecule has 0 atom stereocenters. The van der Waals surface area contributed by atoms with Crippen molar-refractivity contribution in [3.63, 3.8) is 0 Å². The van der Waals surface area contributed by atoms with E-state index in [-0.39, 0.29) is 12.1 Å². The smallest absolute Gasteiger partial charge is 0.271 e. The number of nitriles is 1. The van der Waals surface area contributed by atoms with Crippen molar-refractivity contribution in [2.45, 2.75) is 39.5 Å². The first-order chi connectivity index (χ1) is 18.9. The van der Waals surface area contributed by atoms with Gasteiger partial charge in [0.2, 0.25) is 0 Å². The van der Waals surface area contributed by atoms with Crippen molar-refractivity contribution in [3.05, 3.63) is 77.0 Å². The topological polar surface area (TPSA) is 97.5 Å². The molecule has 200 valence electrons. The maximum absolute atomic E-state index is 13.6. The molecule has 39 heavy (non-hydrogen) atoms. The van der Waals surface area contributed by atoms with Crippen LogP contribution in [0.25, 0.3) is 23.0 Å². The fourth-order valence-electron chi connectivity index (χ4n) is 4.60. The third kappa shape index (κ3) is 5.63. The quantitative estimate of drug-likeness (QED) is 0.191. The number of hydrogen-bond donors (Lipinski definition) is 0. The molecule has 0 spiro atoms. The van der Waals surface area contributed by atoms with E-state index in [0.717, 1.165) is 30.5 Å². The van der Waals surface area contributed by atoms with Gasteiger partial charge in [-0.1, -0.05) is 44.4 Å². The Bertz CT molecular complexity index is 1480. The van der Waals surface area contributed by atoms with Crippen molar-refractivity contribution < 1.29 is 19.1 Å². The average molecular weight is 525 g/mol. The second kappa shape index (κ2) is 12.3. The molecule has 8 heteroatoms. The Kier molecular flexibility index (Phi) is 8.62. The number of carbonyl (C=O) groups excluding carboxylic acids is 2. The van der Waals surface area contributed by atoms with Crippen LogP contribution in [-0.2, 0) is 9.59 Å². The molecular weight excluding hydrogens is 492 g/mol. The van der Waals surface area contributed by atoms with Gasteiger partial charge < -0.3 is 9.47 Å². The molecule has 0 aliphatic carbocycles. The van der Waals surface area contributed by atoms with E-state index in [2.05, 4.69) is 6.92 Å². The second-order valence-corrected chi connectivity index (χ2v) is 9.28. The Morgan fingerprint density at radius 3 is 2.38 bits per heavy atom. The highest BCUT2D eigenvalue weighted by Crippen LogP contribution is 2.35. The van der Waals surface area contributed by atoms with Crippen LogP contribution in [0.3, 0.4) is 0 Å². The Morgan fingerprint density at radius 1 is 0.974 bits per heavy atom. The monoisotopic (exact) mass is 524 g/mol. The fourth-order valence-corrected chi connectivity index (χ4v) is 4.60. The molecule has 0 unspecified atom stereocenters. The lowest BCUT2D eigenvalue weighted by atomic mass is 9.93. The molecule has 8 nitrogen and oxygen atoms in total. The summed E-state index contributed by atoms with van der Waals surface area (Å²) >= 11 is 0. The minimum absolute atomic E-state index is 0.0144. The van der Waals surface area contributed by atoms with Gasteiger partial charge in [-0.3, -0.25) is 14.5 Å². The first-order valence-corrected chi connectivity index (χ1v) is 13.0. The third-order valence-corrected chi connectivity index (χ3v) is 6.78. The lowest BCUT2D eigenvalue weighted by Crippen LogP contribution is -2.43. The van der Waals surface area contributed by atoms with Gasteiger partial charge in [0.15, 0.2) is 11.5 Å². The van der Waals surface area contributed by atoms with Crippen LogP contribution in [0.1, 0.15) is 45.1 Å². The summed E-state index contributed by atoms with van der Waals surface area (Å²) in [5.41, 5.74) is 3.52. The lowest BCUT2D eigenvalue weighted by molar-refractivity contribution is -0.140. The Labute approximate surface area is 228 Å². The van der Waals surface area contributed by atoms with E-state index >= 15 is 0 Å². The highest BCUT2D eigenvalue weighted by molar-refractivity contribution is 6.19. The van der Waals surface area contributed by atoms with Gasteiger partial charge in [0, 0.05) is 29.4 Å². The van der Waals surface area contributed by atoms with Crippen molar-refractivity contribution in [2.75, 3.05) is 20.8 Å². The van der Waals surface area contributed by atoms with E-state index in [0.29, 0.717) is 40.3 Å². The van der Waals surface area contributed by atoms with Crippen molar-refractivity contribution in [3.8, 4) is 34.5 Å². The summed E-state index contributed by atoms with van der Waals surface area (Å²) in [5.74, 6) is 0.191. The van der Waals surface area contributed by atoms with Crippen molar-refractivity contribution >= 4 is 17.9 Å². The summed E-state index contributed by atoms with van der Waals surface area (Å²) in [5, 5.41) is 14.6. The largest absolute Gasteiger partial charge is 0.493 e. The molecular formula is C31H32N4O4. The molecule has 0 N–H and O–H groups in total. The zero-order valence-corrected chi connectivity index (χ0v) is 22.7. The summed E-state index contributed by atoms with van der Waals surface area (Å²) in [6.45, 7) is 4.02. The number of hydrogen-bond acceptors (Lipinski definition) is 6. The summed E-state index contributed by atoms with van der Waals surface area (Å²) in [6, 6.07) is 17.2. The van der Waals surface area contributed by atoms with Gasteiger partial charge >= 0.3 is 0 Å². The van der Waals surface area contributed by atoms with E-state index < -0.39 is 11.8 Å². The molecule has 0 radical (unpaired) electrons. The maximum Gasteiger partial charge on any atom is 0.271 e. The highest BCUT2D eigenvalue weighted by atomic mass is 16.5. The highest BCUT2D eigenvalue weighted by Gasteiger charge is 2.35. The van der Waals surface area contributed by atoms with Gasteiger partial charge in [-0.2, -0.15) is 10.4 Å². The van der Waals surface area contributed by atoms with Crippen LogP contribution in [0.5, 0.6) is 11.5 Å². The molecule has 4 rings (SSSR count). The third-order valence-electron chi connectivity index (χ3n) is 6.78. The van der Waals surface area contributed by atoms with Crippen LogP contribution in [0, 0.1) is 11.3 Å². The number of rotatable bonds is 10. The van der Waals surface area contributed by atoms with Crippen molar-refractivity contribution in [1.82, 2.24) is 14.7 Å². The maximum atomic E-state index is 13.6. The number of benzene rings is 2. The van der Waals surface area contributed by atoms with Gasteiger partial charge in [0.05, 0.1) is 19.9 Å². The van der Waals surface area contributed by atoms with Crippen LogP contribution in [0.2, 0.25) is 0 Å². The van der Waals surface area contributed by atoms with Gasteiger partial charge in [0.25, 0.3) is 11.8 Å². The SMILES string of the molecule is CCCCCCN1C(=O)C(C#N)=C(C)/C(=C\c2cn(-c3ccccc3)nc2-c2ccc(OC)c(OC)c2)C1=O. The fraction of sp³-hybridized carbons (Fsp3) is 0.290. The molecule has 1 aromatic heterocycles. The molecule has 0 bridgehead atoms. The summed E-state index contributed by atoms with van der Waals surface area (Å²) in [7, 11) is 3.14. The molecule has 2 aromatic carbocycles. The summed E-state index contributed by atoms with van der Waals surface area (Å²) < 4.78 is 12.6. The molecule has 0 fully saturated rings. The predicted molar refractivity (Wildman–Crippen MR) is 149 cm³/mol. The normalized spacial score (nSPS) is 14.6. The molecule has 0 saturated carbocycles. The van der Waals surface area contributed by atoms with Gasteiger partial charge in [-0.25, -0.2) is 4.68 Å². The van der Waals surface area contributed by atoms with E-state index in [9.17, 15) is 14.9 Å².